The molecule has 0 fully saturated rings. The van der Waals surface area contributed by atoms with Crippen LogP contribution in [0.15, 0.2) is 46.5 Å². The first-order valence-electron chi connectivity index (χ1n) is 8.10. The smallest absolute Gasteiger partial charge is 0.313 e. The summed E-state index contributed by atoms with van der Waals surface area (Å²) in [5, 5.41) is 1.08. The molecule has 0 amide bonds. The zero-order valence-corrected chi connectivity index (χ0v) is 15.1. The molecule has 0 spiro atoms. The maximum Gasteiger partial charge on any atom is 0.313 e. The highest BCUT2D eigenvalue weighted by molar-refractivity contribution is 7.99. The van der Waals surface area contributed by atoms with Crippen LogP contribution in [-0.4, -0.2) is 43.1 Å². The fourth-order valence-electron chi connectivity index (χ4n) is 2.66. The number of benzene rings is 1. The second-order valence-corrected chi connectivity index (χ2v) is 7.34. The Morgan fingerprint density at radius 3 is 2.96 bits per heavy atom. The third-order valence-corrected chi connectivity index (χ3v) is 5.34. The van der Waals surface area contributed by atoms with Crippen molar-refractivity contribution >= 4 is 17.7 Å². The highest BCUT2D eigenvalue weighted by atomic mass is 32.2. The van der Waals surface area contributed by atoms with Gasteiger partial charge in [-0.1, -0.05) is 30.0 Å². The van der Waals surface area contributed by atoms with Crippen molar-refractivity contribution < 1.29 is 9.53 Å². The first-order valence-corrected chi connectivity index (χ1v) is 8.92. The second kappa shape index (κ2) is 7.36. The van der Waals surface area contributed by atoms with E-state index in [0.29, 0.717) is 6.61 Å². The summed E-state index contributed by atoms with van der Waals surface area (Å²) in [5.74, 6) is -0.417. The summed E-state index contributed by atoms with van der Waals surface area (Å²) in [6.07, 6.45) is 2.69. The lowest BCUT2D eigenvalue weighted by Crippen LogP contribution is -2.22. The van der Waals surface area contributed by atoms with Crippen molar-refractivity contribution in [3.05, 3.63) is 53.2 Å². The number of hydrogen-bond acceptors (Lipinski definition) is 5. The molecular weight excluding hydrogens is 320 g/mol. The van der Waals surface area contributed by atoms with Gasteiger partial charge in [0.1, 0.15) is 11.6 Å². The largest absolute Gasteiger partial charge is 0.464 e. The maximum absolute atomic E-state index is 12.2. The predicted octanol–water partition coefficient (Wildman–Crippen LogP) is 3.35. The molecule has 2 heterocycles. The lowest BCUT2D eigenvalue weighted by molar-refractivity contribution is -0.145. The minimum absolute atomic E-state index is 0.165. The molecule has 0 bridgehead atoms. The molecule has 0 radical (unpaired) electrons. The monoisotopic (exact) mass is 342 g/mol. The summed E-state index contributed by atoms with van der Waals surface area (Å²) in [7, 11) is 3.93. The van der Waals surface area contributed by atoms with E-state index in [0.717, 1.165) is 23.6 Å². The van der Waals surface area contributed by atoms with Crippen LogP contribution in [0.4, 0.5) is 0 Å². The molecule has 1 atom stereocenters. The number of esters is 1. The van der Waals surface area contributed by atoms with Gasteiger partial charge in [-0.15, -0.1) is 0 Å². The highest BCUT2D eigenvalue weighted by Crippen LogP contribution is 2.39. The molecule has 0 saturated heterocycles. The number of nitrogens with zero attached hydrogens (tertiary/aromatic N) is 2. The van der Waals surface area contributed by atoms with Gasteiger partial charge in [-0.25, -0.2) is 4.98 Å². The molecule has 24 heavy (non-hydrogen) atoms. The number of likely N-dealkylation sites (N-methyl/N-ethyl adjacent to an activating group) is 1. The first-order chi connectivity index (χ1) is 11.5. The Labute approximate surface area is 147 Å². The number of aromatic nitrogens is 1. The zero-order valence-electron chi connectivity index (χ0n) is 14.3. The van der Waals surface area contributed by atoms with Crippen LogP contribution in [0.25, 0.3) is 0 Å². The average molecular weight is 342 g/mol. The molecule has 0 saturated carbocycles. The first kappa shape index (κ1) is 17.0. The van der Waals surface area contributed by atoms with Crippen LogP contribution >= 0.6 is 11.8 Å². The van der Waals surface area contributed by atoms with Crippen molar-refractivity contribution in [1.29, 1.82) is 0 Å². The molecule has 1 aliphatic heterocycles. The van der Waals surface area contributed by atoms with Gasteiger partial charge < -0.3 is 9.64 Å². The average Bonchev–Trinajstić information content (AvgIpc) is 2.58. The quantitative estimate of drug-likeness (QED) is 0.665. The van der Waals surface area contributed by atoms with Crippen molar-refractivity contribution in [2.75, 3.05) is 27.2 Å². The normalized spacial score (nSPS) is 14.0. The van der Waals surface area contributed by atoms with Gasteiger partial charge in [0.05, 0.1) is 5.92 Å². The maximum atomic E-state index is 12.2. The van der Waals surface area contributed by atoms with Crippen molar-refractivity contribution in [1.82, 2.24) is 9.88 Å². The Kier molecular flexibility index (Phi) is 5.21. The van der Waals surface area contributed by atoms with E-state index in [4.69, 9.17) is 4.74 Å². The molecule has 1 aromatic heterocycles. The Hall–Kier alpha value is -1.85. The van der Waals surface area contributed by atoms with Crippen molar-refractivity contribution in [3.8, 4) is 0 Å². The van der Waals surface area contributed by atoms with Crippen LogP contribution in [0.1, 0.15) is 29.5 Å². The molecule has 4 nitrogen and oxygen atoms in total. The Bertz CT molecular complexity index is 746. The van der Waals surface area contributed by atoms with E-state index in [9.17, 15) is 4.79 Å². The van der Waals surface area contributed by atoms with Crippen LogP contribution in [0, 0.1) is 0 Å². The summed E-state index contributed by atoms with van der Waals surface area (Å²) in [4.78, 5) is 19.9. The van der Waals surface area contributed by atoms with Gasteiger partial charge in [0.15, 0.2) is 0 Å². The van der Waals surface area contributed by atoms with E-state index in [1.807, 2.05) is 44.2 Å². The Balaban J connectivity index is 1.71. The standard InChI is InChI=1S/C19H22N2O2S/c1-13(19(22)23-10-9-21(2)3)14-6-7-17-16(11-14)12-15-5-4-8-20-18(15)24-17/h4-8,11,13H,9-10,12H2,1-3H3. The SMILES string of the molecule is CC(C(=O)OCCN(C)C)c1ccc2c(c1)Cc1cccnc1S2. The van der Waals surface area contributed by atoms with Crippen molar-refractivity contribution in [2.45, 2.75) is 29.2 Å². The number of carbonyl (C=O) groups excluding carboxylic acids is 1. The summed E-state index contributed by atoms with van der Waals surface area (Å²) in [5.41, 5.74) is 3.51. The van der Waals surface area contributed by atoms with Gasteiger partial charge in [0.25, 0.3) is 0 Å². The number of pyridine rings is 1. The predicted molar refractivity (Wildman–Crippen MR) is 95.5 cm³/mol. The van der Waals surface area contributed by atoms with Crippen molar-refractivity contribution in [2.24, 2.45) is 0 Å². The molecule has 0 aliphatic carbocycles. The molecule has 1 unspecified atom stereocenters. The lowest BCUT2D eigenvalue weighted by atomic mass is 9.96. The number of fused-ring (bicyclic) bond motifs is 2. The van der Waals surface area contributed by atoms with E-state index >= 15 is 0 Å². The number of rotatable bonds is 5. The van der Waals surface area contributed by atoms with Crippen LogP contribution in [-0.2, 0) is 16.0 Å². The zero-order chi connectivity index (χ0) is 17.1. The van der Waals surface area contributed by atoms with Gasteiger partial charge in [-0.3, -0.25) is 4.79 Å². The number of ether oxygens (including phenoxy) is 1. The topological polar surface area (TPSA) is 42.4 Å². The summed E-state index contributed by atoms with van der Waals surface area (Å²) >= 11 is 1.70. The lowest BCUT2D eigenvalue weighted by Gasteiger charge is -2.20. The molecule has 5 heteroatoms. The number of carbonyl (C=O) groups is 1. The van der Waals surface area contributed by atoms with Gasteiger partial charge in [-0.2, -0.15) is 0 Å². The van der Waals surface area contributed by atoms with Gasteiger partial charge >= 0.3 is 5.97 Å². The minimum atomic E-state index is -0.252. The third-order valence-electron chi connectivity index (χ3n) is 4.16. The van der Waals surface area contributed by atoms with Gasteiger partial charge in [0.2, 0.25) is 0 Å². The summed E-state index contributed by atoms with van der Waals surface area (Å²) in [6, 6.07) is 10.3. The second-order valence-electron chi connectivity index (χ2n) is 6.31. The van der Waals surface area contributed by atoms with E-state index in [2.05, 4.69) is 23.2 Å². The van der Waals surface area contributed by atoms with Crippen LogP contribution in [0.5, 0.6) is 0 Å². The fourth-order valence-corrected chi connectivity index (χ4v) is 3.65. The molecule has 126 valence electrons. The van der Waals surface area contributed by atoms with E-state index < -0.39 is 0 Å². The molecule has 1 aliphatic rings. The fraction of sp³-hybridized carbons (Fsp3) is 0.368. The molecule has 2 aromatic rings. The van der Waals surface area contributed by atoms with Gasteiger partial charge in [-0.05, 0) is 49.8 Å². The van der Waals surface area contributed by atoms with E-state index in [-0.39, 0.29) is 11.9 Å². The van der Waals surface area contributed by atoms with Gasteiger partial charge in [0, 0.05) is 24.1 Å². The van der Waals surface area contributed by atoms with E-state index in [1.165, 1.54) is 16.0 Å². The van der Waals surface area contributed by atoms with Crippen LogP contribution in [0.2, 0.25) is 0 Å². The highest BCUT2D eigenvalue weighted by Gasteiger charge is 2.21. The molecule has 3 rings (SSSR count). The Morgan fingerprint density at radius 1 is 1.33 bits per heavy atom. The Morgan fingerprint density at radius 2 is 2.17 bits per heavy atom. The van der Waals surface area contributed by atoms with Crippen molar-refractivity contribution in [3.63, 3.8) is 0 Å². The number of hydrogen-bond donors (Lipinski definition) is 0. The summed E-state index contributed by atoms with van der Waals surface area (Å²) in [6.45, 7) is 3.07. The third kappa shape index (κ3) is 3.79. The summed E-state index contributed by atoms with van der Waals surface area (Å²) < 4.78 is 5.37. The van der Waals surface area contributed by atoms with E-state index in [1.54, 1.807) is 11.8 Å². The van der Waals surface area contributed by atoms with Crippen LogP contribution in [0.3, 0.4) is 0 Å². The molecule has 1 aromatic carbocycles. The minimum Gasteiger partial charge on any atom is -0.464 e. The molecule has 0 N–H and O–H groups in total. The molecular formula is C19H22N2O2S. The van der Waals surface area contributed by atoms with Crippen LogP contribution < -0.4 is 0 Å².